The molecule has 1 aliphatic carbocycles. The van der Waals surface area contributed by atoms with E-state index in [1.54, 1.807) is 11.3 Å². The fraction of sp³-hybridized carbons (Fsp3) is 0.769. The van der Waals surface area contributed by atoms with E-state index >= 15 is 0 Å². The molecule has 1 saturated carbocycles. The van der Waals surface area contributed by atoms with Crippen LogP contribution in [-0.4, -0.2) is 30.9 Å². The average molecular weight is 302 g/mol. The zero-order valence-corrected chi connectivity index (χ0v) is 13.2. The van der Waals surface area contributed by atoms with E-state index in [1.807, 2.05) is 6.20 Å². The van der Waals surface area contributed by atoms with Gasteiger partial charge in [0.2, 0.25) is 0 Å². The summed E-state index contributed by atoms with van der Waals surface area (Å²) < 4.78 is 23.6. The topological polar surface area (TPSA) is 59.1 Å². The third kappa shape index (κ3) is 4.00. The summed E-state index contributed by atoms with van der Waals surface area (Å²) in [6, 6.07) is 0.0935. The number of aromatic nitrogens is 1. The highest BCUT2D eigenvalue weighted by atomic mass is 32.2. The summed E-state index contributed by atoms with van der Waals surface area (Å²) in [5, 5.41) is 4.34. The standard InChI is InChI=1S/C13H22N2O2S2/c1-3-13-15-9-10(18-13)8-14-11-6-4-5-7-12(11)19(2,16)17/h9,11-12,14H,3-8H2,1-2H3/t11-,12-/m1/s1. The van der Waals surface area contributed by atoms with Crippen molar-refractivity contribution in [3.8, 4) is 0 Å². The fourth-order valence-electron chi connectivity index (χ4n) is 2.67. The molecule has 2 atom stereocenters. The molecule has 6 heteroatoms. The smallest absolute Gasteiger partial charge is 0.151 e. The zero-order valence-electron chi connectivity index (χ0n) is 11.6. The Morgan fingerprint density at radius 1 is 1.42 bits per heavy atom. The minimum atomic E-state index is -2.95. The van der Waals surface area contributed by atoms with Crippen LogP contribution in [0.5, 0.6) is 0 Å². The lowest BCUT2D eigenvalue weighted by Gasteiger charge is -2.30. The summed E-state index contributed by atoms with van der Waals surface area (Å²) >= 11 is 1.71. The number of sulfone groups is 1. The molecule has 0 spiro atoms. The van der Waals surface area contributed by atoms with Crippen LogP contribution in [0.4, 0.5) is 0 Å². The van der Waals surface area contributed by atoms with Crippen molar-refractivity contribution in [1.82, 2.24) is 10.3 Å². The summed E-state index contributed by atoms with van der Waals surface area (Å²) in [7, 11) is -2.95. The summed E-state index contributed by atoms with van der Waals surface area (Å²) in [6.07, 6.45) is 8.11. The van der Waals surface area contributed by atoms with Gasteiger partial charge in [-0.3, -0.25) is 0 Å². The molecule has 19 heavy (non-hydrogen) atoms. The Morgan fingerprint density at radius 2 is 2.16 bits per heavy atom. The van der Waals surface area contributed by atoms with E-state index < -0.39 is 9.84 Å². The number of hydrogen-bond acceptors (Lipinski definition) is 5. The van der Waals surface area contributed by atoms with Crippen molar-refractivity contribution in [2.75, 3.05) is 6.26 Å². The van der Waals surface area contributed by atoms with Crippen molar-refractivity contribution in [2.45, 2.75) is 56.9 Å². The molecule has 1 aromatic rings. The molecule has 1 fully saturated rings. The number of nitrogens with one attached hydrogen (secondary N) is 1. The van der Waals surface area contributed by atoms with Crippen LogP contribution in [0.1, 0.15) is 42.5 Å². The van der Waals surface area contributed by atoms with Crippen LogP contribution in [0.15, 0.2) is 6.20 Å². The van der Waals surface area contributed by atoms with Gasteiger partial charge in [-0.05, 0) is 19.3 Å². The highest BCUT2D eigenvalue weighted by Crippen LogP contribution is 2.24. The molecular formula is C13H22N2O2S2. The second-order valence-electron chi connectivity index (χ2n) is 5.21. The minimum Gasteiger partial charge on any atom is -0.308 e. The Kier molecular flexibility index (Phi) is 4.97. The average Bonchev–Trinajstić information content (AvgIpc) is 2.83. The maximum absolute atomic E-state index is 11.8. The summed E-state index contributed by atoms with van der Waals surface area (Å²) in [6.45, 7) is 2.82. The van der Waals surface area contributed by atoms with Gasteiger partial charge in [0.05, 0.1) is 10.3 Å². The number of aryl methyl sites for hydroxylation is 1. The van der Waals surface area contributed by atoms with E-state index in [0.717, 1.165) is 43.7 Å². The van der Waals surface area contributed by atoms with Gasteiger partial charge in [-0.25, -0.2) is 13.4 Å². The molecule has 0 saturated heterocycles. The van der Waals surface area contributed by atoms with Crippen LogP contribution >= 0.6 is 11.3 Å². The lowest BCUT2D eigenvalue weighted by atomic mass is 9.95. The second-order valence-corrected chi connectivity index (χ2v) is 8.68. The number of hydrogen-bond donors (Lipinski definition) is 1. The van der Waals surface area contributed by atoms with Gasteiger partial charge in [-0.2, -0.15) is 0 Å². The first kappa shape index (κ1) is 14.9. The van der Waals surface area contributed by atoms with Gasteiger partial charge in [0.15, 0.2) is 9.84 Å². The summed E-state index contributed by atoms with van der Waals surface area (Å²) in [5.41, 5.74) is 0. The second kappa shape index (κ2) is 6.33. The molecule has 1 N–H and O–H groups in total. The van der Waals surface area contributed by atoms with Gasteiger partial charge >= 0.3 is 0 Å². The molecule has 2 rings (SSSR count). The predicted octanol–water partition coefficient (Wildman–Crippen LogP) is 2.15. The number of nitrogens with zero attached hydrogens (tertiary/aromatic N) is 1. The lowest BCUT2D eigenvalue weighted by Crippen LogP contribution is -2.45. The van der Waals surface area contributed by atoms with Crippen molar-refractivity contribution in [3.05, 3.63) is 16.1 Å². The molecule has 0 bridgehead atoms. The number of rotatable bonds is 5. The zero-order chi connectivity index (χ0) is 13.9. The Labute approximate surface area is 119 Å². The summed E-state index contributed by atoms with van der Waals surface area (Å²) in [4.78, 5) is 5.52. The lowest BCUT2D eigenvalue weighted by molar-refractivity contribution is 0.371. The van der Waals surface area contributed by atoms with Gasteiger partial charge in [-0.15, -0.1) is 11.3 Å². The molecule has 0 unspecified atom stereocenters. The van der Waals surface area contributed by atoms with E-state index in [4.69, 9.17) is 0 Å². The van der Waals surface area contributed by atoms with Crippen molar-refractivity contribution >= 4 is 21.2 Å². The highest BCUT2D eigenvalue weighted by molar-refractivity contribution is 7.91. The van der Waals surface area contributed by atoms with E-state index in [-0.39, 0.29) is 11.3 Å². The van der Waals surface area contributed by atoms with Gasteiger partial charge in [0.1, 0.15) is 0 Å². The highest BCUT2D eigenvalue weighted by Gasteiger charge is 2.32. The monoisotopic (exact) mass is 302 g/mol. The van der Waals surface area contributed by atoms with Crippen molar-refractivity contribution in [1.29, 1.82) is 0 Å². The van der Waals surface area contributed by atoms with E-state index in [1.165, 1.54) is 11.1 Å². The third-order valence-electron chi connectivity index (χ3n) is 3.69. The molecule has 1 aromatic heterocycles. The Balaban J connectivity index is 1.96. The largest absolute Gasteiger partial charge is 0.308 e. The SMILES string of the molecule is CCc1ncc(CN[C@@H]2CCCC[C@H]2S(C)(=O)=O)s1. The Morgan fingerprint density at radius 3 is 2.79 bits per heavy atom. The normalized spacial score (nSPS) is 24.5. The van der Waals surface area contributed by atoms with Gasteiger partial charge in [0, 0.05) is 29.9 Å². The first-order chi connectivity index (χ1) is 9.00. The van der Waals surface area contributed by atoms with Crippen LogP contribution in [0.2, 0.25) is 0 Å². The quantitative estimate of drug-likeness (QED) is 0.905. The van der Waals surface area contributed by atoms with Crippen LogP contribution < -0.4 is 5.32 Å². The maximum atomic E-state index is 11.8. The van der Waals surface area contributed by atoms with E-state index in [0.29, 0.717) is 0 Å². The van der Waals surface area contributed by atoms with Crippen LogP contribution in [0.25, 0.3) is 0 Å². The molecule has 0 aliphatic heterocycles. The first-order valence-electron chi connectivity index (χ1n) is 6.86. The molecular weight excluding hydrogens is 280 g/mol. The Hall–Kier alpha value is -0.460. The van der Waals surface area contributed by atoms with Crippen molar-refractivity contribution in [3.63, 3.8) is 0 Å². The third-order valence-corrected chi connectivity index (χ3v) is 6.50. The molecule has 0 amide bonds. The Bertz CT molecular complexity index is 510. The molecule has 1 heterocycles. The summed E-state index contributed by atoms with van der Waals surface area (Å²) in [5.74, 6) is 0. The van der Waals surface area contributed by atoms with Gasteiger partial charge in [-0.1, -0.05) is 19.8 Å². The van der Waals surface area contributed by atoms with E-state index in [9.17, 15) is 8.42 Å². The molecule has 4 nitrogen and oxygen atoms in total. The van der Waals surface area contributed by atoms with Crippen LogP contribution in [0, 0.1) is 0 Å². The van der Waals surface area contributed by atoms with Crippen molar-refractivity contribution < 1.29 is 8.42 Å². The minimum absolute atomic E-state index is 0.0935. The fourth-order valence-corrected chi connectivity index (χ4v) is 4.90. The predicted molar refractivity (Wildman–Crippen MR) is 79.2 cm³/mol. The van der Waals surface area contributed by atoms with Crippen LogP contribution in [-0.2, 0) is 22.8 Å². The first-order valence-corrected chi connectivity index (χ1v) is 9.63. The molecule has 1 aliphatic rings. The molecule has 0 aromatic carbocycles. The molecule has 108 valence electrons. The van der Waals surface area contributed by atoms with Crippen molar-refractivity contribution in [2.24, 2.45) is 0 Å². The van der Waals surface area contributed by atoms with Gasteiger partial charge in [0.25, 0.3) is 0 Å². The molecule has 0 radical (unpaired) electrons. The van der Waals surface area contributed by atoms with Gasteiger partial charge < -0.3 is 5.32 Å². The maximum Gasteiger partial charge on any atom is 0.151 e. The van der Waals surface area contributed by atoms with E-state index in [2.05, 4.69) is 17.2 Å². The number of thiazole rings is 1. The van der Waals surface area contributed by atoms with Crippen LogP contribution in [0.3, 0.4) is 0 Å².